The Balaban J connectivity index is 1.75. The molecule has 0 aliphatic rings. The van der Waals surface area contributed by atoms with Crippen molar-refractivity contribution < 1.29 is 9.53 Å². The van der Waals surface area contributed by atoms with Gasteiger partial charge in [0.2, 0.25) is 5.88 Å². The van der Waals surface area contributed by atoms with Crippen molar-refractivity contribution in [2.45, 2.75) is 0 Å². The minimum absolute atomic E-state index is 0.201. The summed E-state index contributed by atoms with van der Waals surface area (Å²) in [6.07, 6.45) is 1.57. The van der Waals surface area contributed by atoms with Gasteiger partial charge in [-0.15, -0.1) is 11.3 Å². The average molecular weight is 361 g/mol. The molecule has 0 aliphatic heterocycles. The van der Waals surface area contributed by atoms with Crippen LogP contribution in [0, 0.1) is 0 Å². The van der Waals surface area contributed by atoms with Crippen LogP contribution in [0.1, 0.15) is 10.4 Å². The molecular weight excluding hydrogens is 346 g/mol. The number of para-hydroxylation sites is 1. The van der Waals surface area contributed by atoms with Crippen molar-refractivity contribution in [2.24, 2.45) is 0 Å². The summed E-state index contributed by atoms with van der Waals surface area (Å²) in [5, 5.41) is 5.70. The number of benzene rings is 1. The van der Waals surface area contributed by atoms with E-state index in [-0.39, 0.29) is 5.91 Å². The van der Waals surface area contributed by atoms with Gasteiger partial charge in [-0.1, -0.05) is 24.3 Å². The van der Waals surface area contributed by atoms with Crippen molar-refractivity contribution in [3.8, 4) is 16.5 Å². The summed E-state index contributed by atoms with van der Waals surface area (Å²) in [7, 11) is 1.55. The first kappa shape index (κ1) is 16.2. The van der Waals surface area contributed by atoms with E-state index < -0.39 is 0 Å². The minimum atomic E-state index is -0.201. The second kappa shape index (κ2) is 6.93. The summed E-state index contributed by atoms with van der Waals surface area (Å²) in [6, 6.07) is 16.9. The molecule has 0 radical (unpaired) electrons. The molecule has 4 aromatic rings. The number of pyridine rings is 2. The van der Waals surface area contributed by atoms with Gasteiger partial charge in [0.05, 0.1) is 40.6 Å². The van der Waals surface area contributed by atoms with E-state index in [1.54, 1.807) is 36.8 Å². The third-order valence-electron chi connectivity index (χ3n) is 3.94. The summed E-state index contributed by atoms with van der Waals surface area (Å²) in [4.78, 5) is 22.7. The fraction of sp³-hybridized carbons (Fsp3) is 0.0500. The number of nitrogens with one attached hydrogen (secondary N) is 1. The van der Waals surface area contributed by atoms with Crippen LogP contribution in [0.15, 0.2) is 66.2 Å². The van der Waals surface area contributed by atoms with Crippen LogP contribution in [-0.4, -0.2) is 23.0 Å². The number of nitrogens with zero attached hydrogens (tertiary/aromatic N) is 2. The van der Waals surface area contributed by atoms with Gasteiger partial charge in [-0.25, -0.2) is 9.97 Å². The summed E-state index contributed by atoms with van der Waals surface area (Å²) in [5.41, 5.74) is 2.76. The highest BCUT2D eigenvalue weighted by Gasteiger charge is 2.14. The number of amides is 1. The highest BCUT2D eigenvalue weighted by atomic mass is 32.1. The van der Waals surface area contributed by atoms with Gasteiger partial charge in [-0.2, -0.15) is 0 Å². The third kappa shape index (κ3) is 3.14. The van der Waals surface area contributed by atoms with Gasteiger partial charge in [-0.05, 0) is 29.6 Å². The lowest BCUT2D eigenvalue weighted by atomic mass is 10.1. The zero-order valence-corrected chi connectivity index (χ0v) is 14.8. The molecule has 6 heteroatoms. The highest BCUT2D eigenvalue weighted by molar-refractivity contribution is 7.13. The Labute approximate surface area is 154 Å². The Kier molecular flexibility index (Phi) is 4.33. The highest BCUT2D eigenvalue weighted by Crippen LogP contribution is 2.28. The van der Waals surface area contributed by atoms with E-state index in [4.69, 9.17) is 9.72 Å². The average Bonchev–Trinajstić information content (AvgIpc) is 3.22. The molecule has 0 saturated carbocycles. The molecule has 4 rings (SSSR count). The molecule has 0 atom stereocenters. The Hall–Kier alpha value is -3.25. The predicted molar refractivity (Wildman–Crippen MR) is 104 cm³/mol. The maximum atomic E-state index is 12.9. The van der Waals surface area contributed by atoms with Crippen molar-refractivity contribution in [3.05, 3.63) is 71.7 Å². The number of rotatable bonds is 4. The van der Waals surface area contributed by atoms with E-state index in [2.05, 4.69) is 10.3 Å². The van der Waals surface area contributed by atoms with Gasteiger partial charge in [0.1, 0.15) is 0 Å². The number of fused-ring (bicyclic) bond motifs is 1. The van der Waals surface area contributed by atoms with E-state index >= 15 is 0 Å². The molecule has 1 aromatic carbocycles. The lowest BCUT2D eigenvalue weighted by molar-refractivity contribution is 0.102. The van der Waals surface area contributed by atoms with Gasteiger partial charge in [-0.3, -0.25) is 4.79 Å². The van der Waals surface area contributed by atoms with E-state index in [9.17, 15) is 4.79 Å². The number of hydrogen-bond acceptors (Lipinski definition) is 5. The SMILES string of the molecule is COc1ccc(NC(=O)c2cc(-c3cccs3)nc3ccccc23)cn1. The van der Waals surface area contributed by atoms with Gasteiger partial charge >= 0.3 is 0 Å². The maximum absolute atomic E-state index is 12.9. The van der Waals surface area contributed by atoms with Crippen LogP contribution in [0.2, 0.25) is 0 Å². The molecule has 128 valence electrons. The predicted octanol–water partition coefficient (Wildman–Crippen LogP) is 4.62. The minimum Gasteiger partial charge on any atom is -0.481 e. The molecule has 0 aliphatic carbocycles. The third-order valence-corrected chi connectivity index (χ3v) is 4.83. The summed E-state index contributed by atoms with van der Waals surface area (Å²) >= 11 is 1.59. The summed E-state index contributed by atoms with van der Waals surface area (Å²) < 4.78 is 5.04. The molecule has 0 unspecified atom stereocenters. The Morgan fingerprint density at radius 2 is 2.00 bits per heavy atom. The normalized spacial score (nSPS) is 10.7. The second-order valence-corrected chi connectivity index (χ2v) is 6.54. The molecule has 0 saturated heterocycles. The summed E-state index contributed by atoms with van der Waals surface area (Å²) in [6.45, 7) is 0. The monoisotopic (exact) mass is 361 g/mol. The zero-order valence-electron chi connectivity index (χ0n) is 14.0. The van der Waals surface area contributed by atoms with E-state index in [1.807, 2.05) is 47.8 Å². The first-order chi connectivity index (χ1) is 12.7. The molecular formula is C20H15N3O2S. The maximum Gasteiger partial charge on any atom is 0.256 e. The molecule has 5 nitrogen and oxygen atoms in total. The van der Waals surface area contributed by atoms with Crippen molar-refractivity contribution >= 4 is 33.8 Å². The fourth-order valence-corrected chi connectivity index (χ4v) is 3.37. The second-order valence-electron chi connectivity index (χ2n) is 5.59. The fourth-order valence-electron chi connectivity index (χ4n) is 2.69. The molecule has 0 fully saturated rings. The summed E-state index contributed by atoms with van der Waals surface area (Å²) in [5.74, 6) is 0.297. The van der Waals surface area contributed by atoms with Crippen molar-refractivity contribution in [2.75, 3.05) is 12.4 Å². The van der Waals surface area contributed by atoms with Gasteiger partial charge in [0.15, 0.2) is 0 Å². The van der Waals surface area contributed by atoms with Crippen LogP contribution in [0.5, 0.6) is 5.88 Å². The Morgan fingerprint density at radius 1 is 1.12 bits per heavy atom. The number of hydrogen-bond donors (Lipinski definition) is 1. The molecule has 3 heterocycles. The number of methoxy groups -OCH3 is 1. The van der Waals surface area contributed by atoms with Crippen molar-refractivity contribution in [1.82, 2.24) is 9.97 Å². The van der Waals surface area contributed by atoms with E-state index in [0.717, 1.165) is 21.5 Å². The van der Waals surface area contributed by atoms with E-state index in [0.29, 0.717) is 17.1 Å². The first-order valence-electron chi connectivity index (χ1n) is 7.99. The van der Waals surface area contributed by atoms with Crippen LogP contribution < -0.4 is 10.1 Å². The number of thiophene rings is 1. The lowest BCUT2D eigenvalue weighted by Gasteiger charge is -2.10. The van der Waals surface area contributed by atoms with E-state index in [1.165, 1.54) is 0 Å². The molecule has 26 heavy (non-hydrogen) atoms. The van der Waals surface area contributed by atoms with Gasteiger partial charge in [0.25, 0.3) is 5.91 Å². The van der Waals surface area contributed by atoms with Gasteiger partial charge in [0, 0.05) is 11.5 Å². The standard InChI is InChI=1S/C20H15N3O2S/c1-25-19-9-8-13(12-21-19)22-20(24)15-11-17(18-7-4-10-26-18)23-16-6-3-2-5-14(15)16/h2-12H,1H3,(H,22,24). The number of anilines is 1. The van der Waals surface area contributed by atoms with Crippen LogP contribution in [0.4, 0.5) is 5.69 Å². The van der Waals surface area contributed by atoms with Crippen LogP contribution in [0.3, 0.4) is 0 Å². The van der Waals surface area contributed by atoms with Gasteiger partial charge < -0.3 is 10.1 Å². The number of ether oxygens (including phenoxy) is 1. The van der Waals surface area contributed by atoms with Crippen LogP contribution in [-0.2, 0) is 0 Å². The topological polar surface area (TPSA) is 64.1 Å². The molecule has 0 bridgehead atoms. The van der Waals surface area contributed by atoms with Crippen LogP contribution in [0.25, 0.3) is 21.5 Å². The molecule has 1 N–H and O–H groups in total. The smallest absolute Gasteiger partial charge is 0.256 e. The number of carbonyl (C=O) groups excluding carboxylic acids is 1. The quantitative estimate of drug-likeness (QED) is 0.576. The first-order valence-corrected chi connectivity index (χ1v) is 8.87. The van der Waals surface area contributed by atoms with Crippen molar-refractivity contribution in [3.63, 3.8) is 0 Å². The molecule has 1 amide bonds. The molecule has 0 spiro atoms. The Morgan fingerprint density at radius 3 is 2.73 bits per heavy atom. The lowest BCUT2D eigenvalue weighted by Crippen LogP contribution is -2.13. The Bertz CT molecular complexity index is 1060. The van der Waals surface area contributed by atoms with Crippen molar-refractivity contribution in [1.29, 1.82) is 0 Å². The number of carbonyl (C=O) groups is 1. The van der Waals surface area contributed by atoms with Crippen LogP contribution >= 0.6 is 11.3 Å². The molecule has 3 aromatic heterocycles. The largest absolute Gasteiger partial charge is 0.481 e. The zero-order chi connectivity index (χ0) is 17.9. The number of aromatic nitrogens is 2.